The van der Waals surface area contributed by atoms with E-state index in [1.807, 2.05) is 30.3 Å². The van der Waals surface area contributed by atoms with E-state index in [0.717, 1.165) is 9.30 Å². The molecule has 0 aliphatic carbocycles. The molecule has 0 saturated carbocycles. The van der Waals surface area contributed by atoms with Crippen LogP contribution in [0.25, 0.3) is 16.7 Å². The summed E-state index contributed by atoms with van der Waals surface area (Å²) in [6, 6.07) is 13.8. The van der Waals surface area contributed by atoms with E-state index in [9.17, 15) is 18.3 Å². The molecule has 0 aliphatic rings. The Labute approximate surface area is 149 Å². The Morgan fingerprint density at radius 2 is 1.81 bits per heavy atom. The molecule has 0 fully saturated rings. The summed E-state index contributed by atoms with van der Waals surface area (Å²) in [5.74, 6) is -1.11. The molecular formula is C17H11F3N4OS. The first-order valence-electron chi connectivity index (χ1n) is 7.56. The van der Waals surface area contributed by atoms with E-state index in [4.69, 9.17) is 0 Å². The summed E-state index contributed by atoms with van der Waals surface area (Å²) < 4.78 is 41.1. The molecule has 132 valence electrons. The second kappa shape index (κ2) is 6.26. The molecule has 0 radical (unpaired) electrons. The molecule has 0 spiro atoms. The Morgan fingerprint density at radius 1 is 1.04 bits per heavy atom. The number of rotatable bonds is 3. The summed E-state index contributed by atoms with van der Waals surface area (Å²) >= 11 is 1.21. The SMILES string of the molecule is OCc1ccc2c(c1)nc(Sc1ccccc1)c1nnc(C(F)(F)F)n12. The van der Waals surface area contributed by atoms with Crippen LogP contribution in [0.3, 0.4) is 0 Å². The lowest BCUT2D eigenvalue weighted by atomic mass is 10.2. The second-order valence-electron chi connectivity index (χ2n) is 5.49. The molecular weight excluding hydrogens is 365 g/mol. The number of fused-ring (bicyclic) bond motifs is 3. The van der Waals surface area contributed by atoms with E-state index >= 15 is 0 Å². The van der Waals surface area contributed by atoms with E-state index in [0.29, 0.717) is 16.1 Å². The third-order valence-electron chi connectivity index (χ3n) is 3.75. The highest BCUT2D eigenvalue weighted by molar-refractivity contribution is 7.99. The van der Waals surface area contributed by atoms with E-state index in [1.165, 1.54) is 17.8 Å². The maximum atomic E-state index is 13.4. The summed E-state index contributed by atoms with van der Waals surface area (Å²) in [4.78, 5) is 5.28. The van der Waals surface area contributed by atoms with Gasteiger partial charge in [0.05, 0.1) is 17.6 Å². The van der Waals surface area contributed by atoms with Crippen LogP contribution < -0.4 is 0 Å². The van der Waals surface area contributed by atoms with Crippen molar-refractivity contribution in [1.29, 1.82) is 0 Å². The maximum Gasteiger partial charge on any atom is 0.452 e. The molecule has 2 aromatic heterocycles. The first-order chi connectivity index (χ1) is 12.5. The molecule has 1 N–H and O–H groups in total. The highest BCUT2D eigenvalue weighted by atomic mass is 32.2. The van der Waals surface area contributed by atoms with Crippen molar-refractivity contribution >= 4 is 28.4 Å². The summed E-state index contributed by atoms with van der Waals surface area (Å²) in [5, 5.41) is 16.7. The van der Waals surface area contributed by atoms with Gasteiger partial charge >= 0.3 is 6.18 Å². The van der Waals surface area contributed by atoms with Crippen molar-refractivity contribution in [2.45, 2.75) is 22.7 Å². The fraction of sp³-hybridized carbons (Fsp3) is 0.118. The Bertz CT molecular complexity index is 1100. The van der Waals surface area contributed by atoms with Gasteiger partial charge in [-0.05, 0) is 29.8 Å². The number of aromatic nitrogens is 4. The van der Waals surface area contributed by atoms with Crippen molar-refractivity contribution in [2.24, 2.45) is 0 Å². The van der Waals surface area contributed by atoms with Gasteiger partial charge in [-0.3, -0.25) is 4.40 Å². The lowest BCUT2D eigenvalue weighted by molar-refractivity contribution is -0.145. The Morgan fingerprint density at radius 3 is 2.50 bits per heavy atom. The number of hydrogen-bond donors (Lipinski definition) is 1. The highest BCUT2D eigenvalue weighted by Crippen LogP contribution is 2.35. The van der Waals surface area contributed by atoms with Crippen LogP contribution in [0.1, 0.15) is 11.4 Å². The Kier molecular flexibility index (Phi) is 4.04. The smallest absolute Gasteiger partial charge is 0.392 e. The van der Waals surface area contributed by atoms with Gasteiger partial charge in [0, 0.05) is 4.90 Å². The van der Waals surface area contributed by atoms with E-state index in [-0.39, 0.29) is 17.8 Å². The lowest BCUT2D eigenvalue weighted by Gasteiger charge is -2.10. The number of alkyl halides is 3. The quantitative estimate of drug-likeness (QED) is 0.587. The van der Waals surface area contributed by atoms with Crippen molar-refractivity contribution in [3.05, 3.63) is 59.9 Å². The molecule has 4 aromatic rings. The predicted molar refractivity (Wildman–Crippen MR) is 89.8 cm³/mol. The van der Waals surface area contributed by atoms with Crippen LogP contribution in [-0.2, 0) is 12.8 Å². The van der Waals surface area contributed by atoms with Gasteiger partial charge in [0.1, 0.15) is 5.03 Å². The van der Waals surface area contributed by atoms with Crippen LogP contribution in [-0.4, -0.2) is 24.7 Å². The topological polar surface area (TPSA) is 63.3 Å². The second-order valence-corrected chi connectivity index (χ2v) is 6.56. The van der Waals surface area contributed by atoms with Gasteiger partial charge in [-0.2, -0.15) is 13.2 Å². The molecule has 2 heterocycles. The molecule has 0 atom stereocenters. The van der Waals surface area contributed by atoms with Crippen molar-refractivity contribution in [2.75, 3.05) is 0 Å². The van der Waals surface area contributed by atoms with Crippen LogP contribution in [0, 0.1) is 0 Å². The first kappa shape index (κ1) is 16.8. The third-order valence-corrected chi connectivity index (χ3v) is 4.73. The van der Waals surface area contributed by atoms with Crippen LogP contribution in [0.15, 0.2) is 58.5 Å². The number of hydrogen-bond acceptors (Lipinski definition) is 5. The maximum absolute atomic E-state index is 13.4. The van der Waals surface area contributed by atoms with Crippen LogP contribution >= 0.6 is 11.8 Å². The van der Waals surface area contributed by atoms with Crippen molar-refractivity contribution in [3.8, 4) is 0 Å². The standard InChI is InChI=1S/C17H11F3N4OS/c18-17(19,20)16-23-22-14-15(26-11-4-2-1-3-5-11)21-12-8-10(9-25)6-7-13(12)24(14)16/h1-8,25H,9H2. The highest BCUT2D eigenvalue weighted by Gasteiger charge is 2.38. The zero-order valence-corrected chi connectivity index (χ0v) is 13.9. The molecule has 26 heavy (non-hydrogen) atoms. The van der Waals surface area contributed by atoms with Gasteiger partial charge in [0.2, 0.25) is 5.82 Å². The summed E-state index contributed by atoms with van der Waals surface area (Å²) in [5.41, 5.74) is 1.15. The summed E-state index contributed by atoms with van der Waals surface area (Å²) in [7, 11) is 0. The van der Waals surface area contributed by atoms with Crippen molar-refractivity contribution in [1.82, 2.24) is 19.6 Å². The average molecular weight is 376 g/mol. The number of aliphatic hydroxyl groups excluding tert-OH is 1. The molecule has 9 heteroatoms. The molecule has 5 nitrogen and oxygen atoms in total. The largest absolute Gasteiger partial charge is 0.452 e. The minimum atomic E-state index is -4.65. The number of nitrogens with zero attached hydrogens (tertiary/aromatic N) is 4. The molecule has 0 amide bonds. The number of aliphatic hydroxyl groups is 1. The Hall–Kier alpha value is -2.65. The third kappa shape index (κ3) is 2.89. The van der Waals surface area contributed by atoms with Gasteiger partial charge in [-0.1, -0.05) is 36.0 Å². The van der Waals surface area contributed by atoms with Crippen LogP contribution in [0.4, 0.5) is 13.2 Å². The van der Waals surface area contributed by atoms with Crippen molar-refractivity contribution < 1.29 is 18.3 Å². The van der Waals surface area contributed by atoms with E-state index in [1.54, 1.807) is 12.1 Å². The van der Waals surface area contributed by atoms with Gasteiger partial charge in [-0.25, -0.2) is 4.98 Å². The fourth-order valence-electron chi connectivity index (χ4n) is 2.61. The first-order valence-corrected chi connectivity index (χ1v) is 8.38. The van der Waals surface area contributed by atoms with Gasteiger partial charge in [0.15, 0.2) is 5.65 Å². The van der Waals surface area contributed by atoms with E-state index < -0.39 is 12.0 Å². The van der Waals surface area contributed by atoms with E-state index in [2.05, 4.69) is 15.2 Å². The molecule has 2 aromatic carbocycles. The van der Waals surface area contributed by atoms with Crippen LogP contribution in [0.5, 0.6) is 0 Å². The fourth-order valence-corrected chi connectivity index (χ4v) is 3.49. The number of halogens is 3. The average Bonchev–Trinajstić information content (AvgIpc) is 3.08. The monoisotopic (exact) mass is 376 g/mol. The molecule has 4 rings (SSSR count). The zero-order chi connectivity index (χ0) is 18.3. The van der Waals surface area contributed by atoms with Crippen LogP contribution in [0.2, 0.25) is 0 Å². The molecule has 0 bridgehead atoms. The summed E-state index contributed by atoms with van der Waals surface area (Å²) in [6.45, 7) is -0.231. The molecule has 0 saturated heterocycles. The van der Waals surface area contributed by atoms with Gasteiger partial charge in [0.25, 0.3) is 0 Å². The van der Waals surface area contributed by atoms with Gasteiger partial charge in [-0.15, -0.1) is 10.2 Å². The minimum Gasteiger partial charge on any atom is -0.392 e. The Balaban J connectivity index is 2.02. The predicted octanol–water partition coefficient (Wildman–Crippen LogP) is 3.94. The molecule has 0 aliphatic heterocycles. The normalized spacial score (nSPS) is 12.2. The number of benzene rings is 2. The molecule has 0 unspecified atom stereocenters. The zero-order valence-electron chi connectivity index (χ0n) is 13.1. The van der Waals surface area contributed by atoms with Crippen molar-refractivity contribution in [3.63, 3.8) is 0 Å². The summed E-state index contributed by atoms with van der Waals surface area (Å²) in [6.07, 6.45) is -4.65. The minimum absolute atomic E-state index is 0.0374. The van der Waals surface area contributed by atoms with Gasteiger partial charge < -0.3 is 5.11 Å². The lowest BCUT2D eigenvalue weighted by Crippen LogP contribution is -2.12.